The summed E-state index contributed by atoms with van der Waals surface area (Å²) in [5.41, 5.74) is 2.62. The molecule has 0 aromatic heterocycles. The van der Waals surface area contributed by atoms with Gasteiger partial charge in [-0.15, -0.1) is 0 Å². The molecule has 1 aromatic carbocycles. The maximum absolute atomic E-state index is 6.25. The molecule has 1 aromatic rings. The van der Waals surface area contributed by atoms with Gasteiger partial charge in [-0.05, 0) is 73.2 Å². The molecule has 1 saturated heterocycles. The molecule has 6 heteroatoms. The summed E-state index contributed by atoms with van der Waals surface area (Å²) in [7, 11) is 3.38. The summed E-state index contributed by atoms with van der Waals surface area (Å²) in [6.07, 6.45) is 3.50. The van der Waals surface area contributed by atoms with E-state index < -0.39 is 0 Å². The maximum Gasteiger partial charge on any atom is 0.175 e. The number of hydrogen-bond donors (Lipinski definition) is 0. The highest BCUT2D eigenvalue weighted by molar-refractivity contribution is 9.10. The second-order valence-electron chi connectivity index (χ2n) is 8.32. The van der Waals surface area contributed by atoms with Gasteiger partial charge in [-0.3, -0.25) is 4.90 Å². The van der Waals surface area contributed by atoms with Gasteiger partial charge in [-0.2, -0.15) is 0 Å². The van der Waals surface area contributed by atoms with Crippen LogP contribution in [0.1, 0.15) is 50.8 Å². The minimum absolute atomic E-state index is 0.0914. The number of methoxy groups -OCH3 is 2. The minimum Gasteiger partial charge on any atom is -0.493 e. The Hall–Kier alpha value is -0.820. The van der Waals surface area contributed by atoms with Crippen molar-refractivity contribution in [1.82, 2.24) is 4.90 Å². The zero-order chi connectivity index (χ0) is 19.6. The highest BCUT2D eigenvalue weighted by Crippen LogP contribution is 2.47. The molecule has 0 radical (unpaired) electrons. The normalized spacial score (nSPS) is 22.9. The van der Waals surface area contributed by atoms with Crippen LogP contribution in [0.5, 0.6) is 11.5 Å². The lowest BCUT2D eigenvalue weighted by atomic mass is 9.85. The van der Waals surface area contributed by atoms with Crippen molar-refractivity contribution < 1.29 is 18.9 Å². The number of piperidine rings is 1. The highest BCUT2D eigenvalue weighted by atomic mass is 79.9. The van der Waals surface area contributed by atoms with Gasteiger partial charge in [0, 0.05) is 26.2 Å². The highest BCUT2D eigenvalue weighted by Gasteiger charge is 2.37. The van der Waals surface area contributed by atoms with Crippen LogP contribution in [0.15, 0.2) is 10.5 Å². The van der Waals surface area contributed by atoms with E-state index in [1.807, 2.05) is 0 Å². The molecular weight excluding hydrogens is 410 g/mol. The van der Waals surface area contributed by atoms with E-state index in [9.17, 15) is 0 Å². The molecule has 1 fully saturated rings. The van der Waals surface area contributed by atoms with Crippen LogP contribution in [-0.2, 0) is 15.9 Å². The van der Waals surface area contributed by atoms with Gasteiger partial charge in [0.05, 0.1) is 29.9 Å². The van der Waals surface area contributed by atoms with E-state index in [0.717, 1.165) is 48.3 Å². The lowest BCUT2D eigenvalue weighted by Crippen LogP contribution is -2.47. The van der Waals surface area contributed by atoms with E-state index in [0.29, 0.717) is 25.4 Å². The third kappa shape index (κ3) is 4.78. The van der Waals surface area contributed by atoms with Crippen molar-refractivity contribution in [3.05, 3.63) is 21.7 Å². The third-order valence-electron chi connectivity index (χ3n) is 5.25. The number of halogens is 1. The molecular formula is C21H32BrNO4. The fourth-order valence-electron chi connectivity index (χ4n) is 4.19. The predicted octanol–water partition coefficient (Wildman–Crippen LogP) is 4.36. The Labute approximate surface area is 171 Å². The van der Waals surface area contributed by atoms with Crippen molar-refractivity contribution >= 4 is 15.9 Å². The van der Waals surface area contributed by atoms with Gasteiger partial charge in [-0.25, -0.2) is 0 Å². The quantitative estimate of drug-likeness (QED) is 0.613. The largest absolute Gasteiger partial charge is 0.493 e. The smallest absolute Gasteiger partial charge is 0.175 e. The van der Waals surface area contributed by atoms with E-state index in [1.54, 1.807) is 14.2 Å². The molecule has 0 bridgehead atoms. The topological polar surface area (TPSA) is 40.2 Å². The third-order valence-corrected chi connectivity index (χ3v) is 6.08. The lowest BCUT2D eigenvalue weighted by molar-refractivity contribution is -0.0971. The fourth-order valence-corrected chi connectivity index (χ4v) is 4.92. The Morgan fingerprint density at radius 1 is 1.19 bits per heavy atom. The van der Waals surface area contributed by atoms with Crippen LogP contribution in [0.4, 0.5) is 0 Å². The fraction of sp³-hybridized carbons (Fsp3) is 0.714. The standard InChI is InChI=1S/C21H32BrNO4/c1-21(2,3)27-14-6-7-17-16-12-18(25-5)20(26-11-10-24-4)19(22)15(16)8-9-23(17)13-14/h12,14,17H,6-11,13H2,1-5H3. The number of nitrogens with zero attached hydrogens (tertiary/aromatic N) is 1. The van der Waals surface area contributed by atoms with E-state index in [1.165, 1.54) is 11.1 Å². The molecule has 5 nitrogen and oxygen atoms in total. The van der Waals surface area contributed by atoms with Crippen LogP contribution < -0.4 is 9.47 Å². The first-order valence-corrected chi connectivity index (χ1v) is 10.6. The maximum atomic E-state index is 6.25. The van der Waals surface area contributed by atoms with Crippen molar-refractivity contribution in [2.45, 2.75) is 57.8 Å². The zero-order valence-electron chi connectivity index (χ0n) is 17.1. The molecule has 0 spiro atoms. The summed E-state index contributed by atoms with van der Waals surface area (Å²) in [4.78, 5) is 2.57. The van der Waals surface area contributed by atoms with Gasteiger partial charge in [-0.1, -0.05) is 0 Å². The van der Waals surface area contributed by atoms with Crippen LogP contribution in [-0.4, -0.2) is 57.1 Å². The van der Waals surface area contributed by atoms with Crippen molar-refractivity contribution in [1.29, 1.82) is 0 Å². The summed E-state index contributed by atoms with van der Waals surface area (Å²) in [5.74, 6) is 1.57. The first-order valence-electron chi connectivity index (χ1n) is 9.77. The molecule has 27 heavy (non-hydrogen) atoms. The Morgan fingerprint density at radius 3 is 2.63 bits per heavy atom. The van der Waals surface area contributed by atoms with E-state index in [-0.39, 0.29) is 5.60 Å². The van der Waals surface area contributed by atoms with Crippen molar-refractivity contribution in [3.63, 3.8) is 0 Å². The first-order chi connectivity index (χ1) is 12.8. The average Bonchev–Trinajstić information content (AvgIpc) is 2.61. The zero-order valence-corrected chi connectivity index (χ0v) is 18.7. The molecule has 0 aliphatic carbocycles. The minimum atomic E-state index is -0.0914. The Bertz CT molecular complexity index is 659. The summed E-state index contributed by atoms with van der Waals surface area (Å²) < 4.78 is 24.0. The van der Waals surface area contributed by atoms with E-state index in [2.05, 4.69) is 47.7 Å². The molecule has 0 N–H and O–H groups in total. The molecule has 2 heterocycles. The molecule has 152 valence electrons. The van der Waals surface area contributed by atoms with Crippen LogP contribution in [0, 0.1) is 0 Å². The predicted molar refractivity (Wildman–Crippen MR) is 110 cm³/mol. The molecule has 2 atom stereocenters. The number of hydrogen-bond acceptors (Lipinski definition) is 5. The van der Waals surface area contributed by atoms with Crippen LogP contribution >= 0.6 is 15.9 Å². The van der Waals surface area contributed by atoms with Crippen molar-refractivity contribution in [2.24, 2.45) is 0 Å². The number of ether oxygens (including phenoxy) is 4. The van der Waals surface area contributed by atoms with Crippen LogP contribution in [0.3, 0.4) is 0 Å². The van der Waals surface area contributed by atoms with Crippen LogP contribution in [0.2, 0.25) is 0 Å². The van der Waals surface area contributed by atoms with Crippen molar-refractivity contribution in [2.75, 3.05) is 40.5 Å². The second kappa shape index (κ2) is 8.68. The van der Waals surface area contributed by atoms with E-state index in [4.69, 9.17) is 18.9 Å². The first kappa shape index (κ1) is 20.9. The van der Waals surface area contributed by atoms with Gasteiger partial charge in [0.2, 0.25) is 0 Å². The van der Waals surface area contributed by atoms with Gasteiger partial charge in [0.25, 0.3) is 0 Å². The van der Waals surface area contributed by atoms with Gasteiger partial charge in [0.1, 0.15) is 6.61 Å². The monoisotopic (exact) mass is 441 g/mol. The van der Waals surface area contributed by atoms with Crippen molar-refractivity contribution in [3.8, 4) is 11.5 Å². The molecule has 2 unspecified atom stereocenters. The van der Waals surface area contributed by atoms with E-state index >= 15 is 0 Å². The Morgan fingerprint density at radius 2 is 1.96 bits per heavy atom. The summed E-state index contributed by atoms with van der Waals surface area (Å²) >= 11 is 3.79. The van der Waals surface area contributed by atoms with Gasteiger partial charge in [0.15, 0.2) is 11.5 Å². The number of fused-ring (bicyclic) bond motifs is 3. The average molecular weight is 442 g/mol. The van der Waals surface area contributed by atoms with Crippen LogP contribution in [0.25, 0.3) is 0 Å². The number of benzene rings is 1. The molecule has 3 rings (SSSR count). The molecule has 0 amide bonds. The van der Waals surface area contributed by atoms with Gasteiger partial charge >= 0.3 is 0 Å². The molecule has 2 aliphatic rings. The summed E-state index contributed by atoms with van der Waals surface area (Å²) in [6, 6.07) is 2.59. The lowest BCUT2D eigenvalue weighted by Gasteiger charge is -2.45. The van der Waals surface area contributed by atoms with Gasteiger partial charge < -0.3 is 18.9 Å². The molecule has 0 saturated carbocycles. The number of rotatable bonds is 6. The Balaban J connectivity index is 1.82. The summed E-state index contributed by atoms with van der Waals surface area (Å²) in [5, 5.41) is 0. The SMILES string of the molecule is COCCOc1c(OC)cc2c(c1Br)CCN1CC(OC(C)(C)C)CCC21. The second-order valence-corrected chi connectivity index (χ2v) is 9.11. The summed E-state index contributed by atoms with van der Waals surface area (Å²) in [6.45, 7) is 9.51. The Kier molecular flexibility index (Phi) is 6.72. The molecule has 2 aliphatic heterocycles.